The van der Waals surface area contributed by atoms with Gasteiger partial charge < -0.3 is 14.5 Å². The van der Waals surface area contributed by atoms with Crippen molar-refractivity contribution in [1.82, 2.24) is 4.98 Å². The third-order valence-electron chi connectivity index (χ3n) is 3.57. The monoisotopic (exact) mass is 387 g/mol. The minimum Gasteiger partial charge on any atom is -0.487 e. The number of para-hydroxylation sites is 1. The number of carbonyl (C=O) groups excluding carboxylic acids is 1. The van der Waals surface area contributed by atoms with Gasteiger partial charge in [0.15, 0.2) is 0 Å². The average Bonchev–Trinajstić information content (AvgIpc) is 2.63. The summed E-state index contributed by atoms with van der Waals surface area (Å²) in [6.45, 7) is 0.353. The molecule has 1 heterocycles. The molecule has 0 spiro atoms. The van der Waals surface area contributed by atoms with Crippen LogP contribution in [0.4, 0.5) is 0 Å². The Morgan fingerprint density at radius 3 is 2.58 bits per heavy atom. The summed E-state index contributed by atoms with van der Waals surface area (Å²) in [4.78, 5) is 27.3. The number of aromatic amines is 1. The van der Waals surface area contributed by atoms with Gasteiger partial charge >= 0.3 is 5.97 Å². The lowest BCUT2D eigenvalue weighted by Crippen LogP contribution is -2.14. The highest BCUT2D eigenvalue weighted by Crippen LogP contribution is 2.25. The fourth-order valence-electron chi connectivity index (χ4n) is 2.36. The molecule has 6 heteroatoms. The number of methoxy groups -OCH3 is 1. The Hall–Kier alpha value is -2.60. The van der Waals surface area contributed by atoms with E-state index >= 15 is 0 Å². The summed E-state index contributed by atoms with van der Waals surface area (Å²) in [6.07, 6.45) is 0. The van der Waals surface area contributed by atoms with Gasteiger partial charge in [-0.15, -0.1) is 0 Å². The number of pyridine rings is 1. The number of hydrogen-bond donors (Lipinski definition) is 1. The number of nitrogens with one attached hydrogen (secondary N) is 1. The van der Waals surface area contributed by atoms with Crippen molar-refractivity contribution in [2.45, 2.75) is 6.61 Å². The molecule has 3 rings (SSSR count). The third-order valence-corrected chi connectivity index (χ3v) is 4.32. The van der Waals surface area contributed by atoms with E-state index < -0.39 is 5.97 Å². The molecule has 0 atom stereocenters. The average molecular weight is 388 g/mol. The summed E-state index contributed by atoms with van der Waals surface area (Å²) in [5.74, 6) is -0.134. The van der Waals surface area contributed by atoms with Crippen LogP contribution < -0.4 is 10.2 Å². The maximum absolute atomic E-state index is 12.5. The second kappa shape index (κ2) is 6.88. The minimum absolute atomic E-state index is 0.0609. The van der Waals surface area contributed by atoms with Gasteiger partial charge in [0.25, 0.3) is 0 Å². The lowest BCUT2D eigenvalue weighted by Gasteiger charge is -2.11. The number of H-pyrrole nitrogens is 1. The Morgan fingerprint density at radius 1 is 1.12 bits per heavy atom. The Morgan fingerprint density at radius 2 is 1.88 bits per heavy atom. The van der Waals surface area contributed by atoms with Crippen LogP contribution in [0.25, 0.3) is 10.9 Å². The molecule has 2 aromatic carbocycles. The van der Waals surface area contributed by atoms with Gasteiger partial charge in [-0.1, -0.05) is 36.4 Å². The predicted octanol–water partition coefficient (Wildman–Crippen LogP) is 3.66. The molecule has 1 aromatic heterocycles. The topological polar surface area (TPSA) is 68.4 Å². The van der Waals surface area contributed by atoms with Gasteiger partial charge in [-0.05, 0) is 33.6 Å². The number of benzene rings is 2. The largest absolute Gasteiger partial charge is 0.487 e. The van der Waals surface area contributed by atoms with Crippen molar-refractivity contribution in [3.63, 3.8) is 0 Å². The normalized spacial score (nSPS) is 10.6. The highest BCUT2D eigenvalue weighted by Gasteiger charge is 2.18. The molecule has 3 aromatic rings. The molecule has 0 saturated carbocycles. The maximum atomic E-state index is 12.5. The summed E-state index contributed by atoms with van der Waals surface area (Å²) in [7, 11) is 1.26. The molecule has 0 aliphatic carbocycles. The van der Waals surface area contributed by atoms with Gasteiger partial charge in [0.1, 0.15) is 18.1 Å². The summed E-state index contributed by atoms with van der Waals surface area (Å²) < 4.78 is 10.7. The number of rotatable bonds is 4. The molecule has 0 bridgehead atoms. The van der Waals surface area contributed by atoms with E-state index in [-0.39, 0.29) is 15.6 Å². The van der Waals surface area contributed by atoms with Crippen molar-refractivity contribution in [1.29, 1.82) is 0 Å². The minimum atomic E-state index is -0.626. The second-order valence-electron chi connectivity index (χ2n) is 5.09. The van der Waals surface area contributed by atoms with Crippen LogP contribution in [0.3, 0.4) is 0 Å². The van der Waals surface area contributed by atoms with Gasteiger partial charge in [0.05, 0.1) is 22.5 Å². The number of carbonyl (C=O) groups is 1. The third kappa shape index (κ3) is 3.05. The number of hydrogen-bond acceptors (Lipinski definition) is 4. The van der Waals surface area contributed by atoms with Crippen LogP contribution >= 0.6 is 15.9 Å². The van der Waals surface area contributed by atoms with Gasteiger partial charge in [0, 0.05) is 0 Å². The highest BCUT2D eigenvalue weighted by molar-refractivity contribution is 9.10. The quantitative estimate of drug-likeness (QED) is 0.693. The van der Waals surface area contributed by atoms with E-state index in [1.54, 1.807) is 18.2 Å². The standard InChI is InChI=1S/C18H14BrNO4/c1-23-18(22)16-14(19)17(21)12-8-5-9-13(15(12)20-16)24-10-11-6-3-2-4-7-11/h2-9H,10H2,1H3,(H,20,21). The van der Waals surface area contributed by atoms with Crippen molar-refractivity contribution in [2.75, 3.05) is 7.11 Å². The van der Waals surface area contributed by atoms with Crippen molar-refractivity contribution in [3.8, 4) is 5.75 Å². The lowest BCUT2D eigenvalue weighted by molar-refractivity contribution is 0.0593. The maximum Gasteiger partial charge on any atom is 0.355 e. The Bertz CT molecular complexity index is 950. The molecule has 5 nitrogen and oxygen atoms in total. The van der Waals surface area contributed by atoms with E-state index in [0.717, 1.165) is 5.56 Å². The van der Waals surface area contributed by atoms with Crippen LogP contribution in [0, 0.1) is 0 Å². The molecular weight excluding hydrogens is 374 g/mol. The van der Waals surface area contributed by atoms with E-state index in [2.05, 4.69) is 20.9 Å². The number of ether oxygens (including phenoxy) is 2. The Kier molecular flexibility index (Phi) is 4.66. The second-order valence-corrected chi connectivity index (χ2v) is 5.88. The van der Waals surface area contributed by atoms with Crippen LogP contribution in [0.1, 0.15) is 16.1 Å². The Balaban J connectivity index is 2.07. The number of esters is 1. The molecule has 0 aliphatic rings. The fourth-order valence-corrected chi connectivity index (χ4v) is 2.83. The van der Waals surface area contributed by atoms with Crippen LogP contribution in [-0.4, -0.2) is 18.1 Å². The van der Waals surface area contributed by atoms with E-state index in [1.807, 2.05) is 30.3 Å². The Labute approximate surface area is 146 Å². The molecular formula is C18H14BrNO4. The van der Waals surface area contributed by atoms with Crippen LogP contribution in [0.5, 0.6) is 5.75 Å². The highest BCUT2D eigenvalue weighted by atomic mass is 79.9. The molecule has 0 unspecified atom stereocenters. The predicted molar refractivity (Wildman–Crippen MR) is 94.4 cm³/mol. The SMILES string of the molecule is COC(=O)c1[nH]c2c(OCc3ccccc3)cccc2c(=O)c1Br. The lowest BCUT2D eigenvalue weighted by atomic mass is 10.1. The fraction of sp³-hybridized carbons (Fsp3) is 0.111. The van der Waals surface area contributed by atoms with Gasteiger partial charge in [-0.2, -0.15) is 0 Å². The number of halogens is 1. The van der Waals surface area contributed by atoms with Crippen molar-refractivity contribution in [2.24, 2.45) is 0 Å². The van der Waals surface area contributed by atoms with E-state index in [1.165, 1.54) is 7.11 Å². The van der Waals surface area contributed by atoms with Crippen LogP contribution in [-0.2, 0) is 11.3 Å². The first-order valence-electron chi connectivity index (χ1n) is 7.21. The molecule has 0 amide bonds. The molecule has 0 radical (unpaired) electrons. The van der Waals surface area contributed by atoms with Crippen molar-refractivity contribution in [3.05, 3.63) is 74.5 Å². The first-order valence-corrected chi connectivity index (χ1v) is 8.00. The molecule has 0 aliphatic heterocycles. The molecule has 1 N–H and O–H groups in total. The van der Waals surface area contributed by atoms with Crippen LogP contribution in [0.15, 0.2) is 57.8 Å². The summed E-state index contributed by atoms with van der Waals surface area (Å²) in [5.41, 5.74) is 1.23. The molecule has 24 heavy (non-hydrogen) atoms. The summed E-state index contributed by atoms with van der Waals surface area (Å²) >= 11 is 3.16. The van der Waals surface area contributed by atoms with Crippen LogP contribution in [0.2, 0.25) is 0 Å². The smallest absolute Gasteiger partial charge is 0.355 e. The van der Waals surface area contributed by atoms with Crippen molar-refractivity contribution >= 4 is 32.8 Å². The first kappa shape index (κ1) is 16.3. The molecule has 0 saturated heterocycles. The zero-order valence-corrected chi connectivity index (χ0v) is 14.4. The van der Waals surface area contributed by atoms with E-state index in [4.69, 9.17) is 9.47 Å². The molecule has 0 fully saturated rings. The number of fused-ring (bicyclic) bond motifs is 1. The molecule has 122 valence electrons. The van der Waals surface area contributed by atoms with Gasteiger partial charge in [-0.25, -0.2) is 4.79 Å². The van der Waals surface area contributed by atoms with E-state index in [9.17, 15) is 9.59 Å². The zero-order chi connectivity index (χ0) is 17.1. The summed E-state index contributed by atoms with van der Waals surface area (Å²) in [5, 5.41) is 0.431. The van der Waals surface area contributed by atoms with Gasteiger partial charge in [-0.3, -0.25) is 4.79 Å². The summed E-state index contributed by atoms with van der Waals surface area (Å²) in [6, 6.07) is 14.8. The number of aromatic nitrogens is 1. The van der Waals surface area contributed by atoms with Crippen molar-refractivity contribution < 1.29 is 14.3 Å². The van der Waals surface area contributed by atoms with Gasteiger partial charge in [0.2, 0.25) is 5.43 Å². The zero-order valence-electron chi connectivity index (χ0n) is 12.8. The van der Waals surface area contributed by atoms with E-state index in [0.29, 0.717) is 23.3 Å². The first-order chi connectivity index (χ1) is 11.6.